The van der Waals surface area contributed by atoms with E-state index >= 15 is 0 Å². The lowest BCUT2D eigenvalue weighted by Gasteiger charge is -2.00. The fraction of sp³-hybridized carbons (Fsp3) is 0.0833. The van der Waals surface area contributed by atoms with Crippen molar-refractivity contribution in [2.75, 3.05) is 7.05 Å². The maximum absolute atomic E-state index is 12.0. The van der Waals surface area contributed by atoms with Crippen molar-refractivity contribution in [3.63, 3.8) is 0 Å². The highest BCUT2D eigenvalue weighted by molar-refractivity contribution is 7.80. The zero-order valence-corrected chi connectivity index (χ0v) is 10.5. The van der Waals surface area contributed by atoms with Crippen LogP contribution in [0.2, 0.25) is 0 Å². The van der Waals surface area contributed by atoms with E-state index in [0.717, 1.165) is 0 Å². The summed E-state index contributed by atoms with van der Waals surface area (Å²) in [6, 6.07) is 7.05. The lowest BCUT2D eigenvalue weighted by Crippen LogP contribution is -2.28. The van der Waals surface area contributed by atoms with E-state index in [1.165, 1.54) is 12.5 Å². The summed E-state index contributed by atoms with van der Waals surface area (Å²) < 4.78 is 5.34. The van der Waals surface area contributed by atoms with Gasteiger partial charge in [-0.25, -0.2) is 0 Å². The Balaban J connectivity index is 2.32. The van der Waals surface area contributed by atoms with Gasteiger partial charge in [-0.2, -0.15) is 5.10 Å². The molecule has 0 aliphatic heterocycles. The van der Waals surface area contributed by atoms with Crippen molar-refractivity contribution in [3.8, 4) is 0 Å². The molecule has 92 valence electrons. The molecule has 5 nitrogen and oxygen atoms in total. The van der Waals surface area contributed by atoms with Crippen LogP contribution in [0.3, 0.4) is 0 Å². The predicted molar refractivity (Wildman–Crippen MR) is 74.9 cm³/mol. The molecule has 0 amide bonds. The van der Waals surface area contributed by atoms with E-state index in [1.807, 2.05) is 6.07 Å². The van der Waals surface area contributed by atoms with Crippen LogP contribution in [0, 0.1) is 0 Å². The molecule has 0 aliphatic rings. The molecular weight excluding hydrogens is 250 g/mol. The molecule has 2 N–H and O–H groups in total. The largest absolute Gasteiger partial charge is 0.463 e. The van der Waals surface area contributed by atoms with E-state index < -0.39 is 0 Å². The van der Waals surface area contributed by atoms with Gasteiger partial charge in [-0.1, -0.05) is 12.1 Å². The molecule has 18 heavy (non-hydrogen) atoms. The lowest BCUT2D eigenvalue weighted by molar-refractivity contribution is 0.601. The second-order valence-corrected chi connectivity index (χ2v) is 3.87. The Labute approximate surface area is 108 Å². The van der Waals surface area contributed by atoms with Crippen molar-refractivity contribution < 1.29 is 4.42 Å². The Bertz CT molecular complexity index is 664. The minimum absolute atomic E-state index is 0.127. The van der Waals surface area contributed by atoms with E-state index in [1.54, 1.807) is 25.2 Å². The van der Waals surface area contributed by atoms with Gasteiger partial charge in [-0.15, -0.1) is 0 Å². The Hall–Kier alpha value is -2.21. The van der Waals surface area contributed by atoms with Gasteiger partial charge in [0.25, 0.3) is 0 Å². The van der Waals surface area contributed by atoms with Gasteiger partial charge in [0.05, 0.1) is 17.2 Å². The highest BCUT2D eigenvalue weighted by Gasteiger charge is 2.03. The zero-order valence-electron chi connectivity index (χ0n) is 9.64. The molecule has 0 aliphatic carbocycles. The molecule has 6 heteroatoms. The Kier molecular flexibility index (Phi) is 3.69. The van der Waals surface area contributed by atoms with Crippen molar-refractivity contribution in [3.05, 3.63) is 46.3 Å². The third-order valence-corrected chi connectivity index (χ3v) is 2.60. The molecule has 1 aromatic heterocycles. The van der Waals surface area contributed by atoms with Gasteiger partial charge in [-0.3, -0.25) is 10.2 Å². The summed E-state index contributed by atoms with van der Waals surface area (Å²) in [5.74, 6) is 0. The predicted octanol–water partition coefficient (Wildman–Crippen LogP) is 1.22. The summed E-state index contributed by atoms with van der Waals surface area (Å²) >= 11 is 4.84. The number of hydrogen-bond acceptors (Lipinski definition) is 4. The third-order valence-electron chi connectivity index (χ3n) is 2.30. The quantitative estimate of drug-likeness (QED) is 0.483. The number of benzene rings is 1. The highest BCUT2D eigenvalue weighted by atomic mass is 32.1. The molecule has 0 fully saturated rings. The van der Waals surface area contributed by atoms with Crippen LogP contribution in [0.15, 0.2) is 44.8 Å². The first kappa shape index (κ1) is 12.3. The molecular formula is C12H11N3O2S. The lowest BCUT2D eigenvalue weighted by atomic mass is 10.2. The third kappa shape index (κ3) is 2.54. The van der Waals surface area contributed by atoms with Crippen LogP contribution in [0.4, 0.5) is 0 Å². The second kappa shape index (κ2) is 5.42. The number of hydrogen-bond donors (Lipinski definition) is 2. The van der Waals surface area contributed by atoms with Crippen LogP contribution in [0.5, 0.6) is 0 Å². The highest BCUT2D eigenvalue weighted by Crippen LogP contribution is 2.09. The number of fused-ring (bicyclic) bond motifs is 1. The molecule has 0 unspecified atom stereocenters. The van der Waals surface area contributed by atoms with Crippen molar-refractivity contribution in [2.24, 2.45) is 5.10 Å². The maximum Gasteiger partial charge on any atom is 0.201 e. The van der Waals surface area contributed by atoms with Gasteiger partial charge < -0.3 is 9.73 Å². The number of para-hydroxylation sites is 1. The molecule has 0 saturated carbocycles. The molecule has 1 heterocycles. The molecule has 1 aromatic carbocycles. The summed E-state index contributed by atoms with van der Waals surface area (Å²) in [7, 11) is 1.68. The molecule has 0 atom stereocenters. The first-order valence-corrected chi connectivity index (χ1v) is 5.64. The molecule has 0 spiro atoms. The minimum Gasteiger partial charge on any atom is -0.463 e. The Morgan fingerprint density at radius 3 is 3.00 bits per heavy atom. The van der Waals surface area contributed by atoms with E-state index in [2.05, 4.69) is 15.8 Å². The summed E-state index contributed by atoms with van der Waals surface area (Å²) in [6.07, 6.45) is 2.75. The topological polar surface area (TPSA) is 66.6 Å². The van der Waals surface area contributed by atoms with Crippen LogP contribution in [-0.2, 0) is 0 Å². The summed E-state index contributed by atoms with van der Waals surface area (Å²) in [6.45, 7) is 0. The number of nitrogens with zero attached hydrogens (tertiary/aromatic N) is 1. The number of hydrazone groups is 1. The van der Waals surface area contributed by atoms with Crippen LogP contribution in [0.25, 0.3) is 11.0 Å². The van der Waals surface area contributed by atoms with Gasteiger partial charge >= 0.3 is 0 Å². The fourth-order valence-corrected chi connectivity index (χ4v) is 1.45. The molecule has 0 saturated heterocycles. The van der Waals surface area contributed by atoms with Crippen LogP contribution < -0.4 is 16.2 Å². The number of thiocarbonyl (C=S) groups is 1. The van der Waals surface area contributed by atoms with Crippen LogP contribution in [-0.4, -0.2) is 18.4 Å². The maximum atomic E-state index is 12.0. The molecule has 2 aromatic rings. The molecule has 0 bridgehead atoms. The first-order valence-electron chi connectivity index (χ1n) is 5.23. The van der Waals surface area contributed by atoms with Gasteiger partial charge in [0.15, 0.2) is 5.11 Å². The monoisotopic (exact) mass is 261 g/mol. The van der Waals surface area contributed by atoms with Gasteiger partial charge in [0.2, 0.25) is 5.43 Å². The van der Waals surface area contributed by atoms with E-state index in [0.29, 0.717) is 21.6 Å². The summed E-state index contributed by atoms with van der Waals surface area (Å²) in [5.41, 5.74) is 3.35. The van der Waals surface area contributed by atoms with Crippen LogP contribution in [0.1, 0.15) is 5.56 Å². The van der Waals surface area contributed by atoms with Crippen molar-refractivity contribution in [1.82, 2.24) is 10.7 Å². The Morgan fingerprint density at radius 1 is 1.44 bits per heavy atom. The van der Waals surface area contributed by atoms with E-state index in [-0.39, 0.29) is 5.43 Å². The zero-order chi connectivity index (χ0) is 13.0. The molecule has 0 radical (unpaired) electrons. The molecule has 2 rings (SSSR count). The second-order valence-electron chi connectivity index (χ2n) is 3.47. The summed E-state index contributed by atoms with van der Waals surface area (Å²) in [4.78, 5) is 12.0. The Morgan fingerprint density at radius 2 is 2.22 bits per heavy atom. The van der Waals surface area contributed by atoms with Gasteiger partial charge in [0, 0.05) is 7.05 Å². The van der Waals surface area contributed by atoms with E-state index in [9.17, 15) is 4.79 Å². The summed E-state index contributed by atoms with van der Waals surface area (Å²) in [5, 5.41) is 7.44. The number of rotatable bonds is 2. The standard InChI is InChI=1S/C12H11N3O2S/c1-13-12(18)15-14-6-8-7-17-10-5-3-2-4-9(10)11(8)16/h2-7H,1H3,(H2,13,15,18)/b14-6+. The average Bonchev–Trinajstić information content (AvgIpc) is 2.41. The van der Waals surface area contributed by atoms with Gasteiger partial charge in [-0.05, 0) is 24.4 Å². The van der Waals surface area contributed by atoms with Crippen molar-refractivity contribution in [2.45, 2.75) is 0 Å². The first-order chi connectivity index (χ1) is 8.72. The number of nitrogens with one attached hydrogen (secondary N) is 2. The normalized spacial score (nSPS) is 10.7. The minimum atomic E-state index is -0.127. The smallest absolute Gasteiger partial charge is 0.201 e. The van der Waals surface area contributed by atoms with Crippen molar-refractivity contribution >= 4 is 34.5 Å². The average molecular weight is 261 g/mol. The van der Waals surface area contributed by atoms with Crippen LogP contribution >= 0.6 is 12.2 Å². The van der Waals surface area contributed by atoms with Crippen molar-refractivity contribution in [1.29, 1.82) is 0 Å². The SMILES string of the molecule is CNC(=S)N/N=C/c1coc2ccccc2c1=O. The van der Waals surface area contributed by atoms with E-state index in [4.69, 9.17) is 16.6 Å². The fourth-order valence-electron chi connectivity index (χ4n) is 1.40. The van der Waals surface area contributed by atoms with Gasteiger partial charge in [0.1, 0.15) is 11.8 Å².